The molecular formula is C21H35IN4O4. The number of nitrogens with zero attached hydrogens (tertiary/aromatic N) is 1. The number of nitrogens with one attached hydrogen (secondary N) is 3. The molecular weight excluding hydrogens is 499 g/mol. The average molecular weight is 534 g/mol. The van der Waals surface area contributed by atoms with Crippen LogP contribution in [0, 0.1) is 0 Å². The molecule has 8 nitrogen and oxygen atoms in total. The van der Waals surface area contributed by atoms with Crippen molar-refractivity contribution in [2.45, 2.75) is 32.3 Å². The summed E-state index contributed by atoms with van der Waals surface area (Å²) in [5.74, 6) is 1.36. The van der Waals surface area contributed by atoms with Crippen molar-refractivity contribution in [2.24, 2.45) is 4.99 Å². The Hall–Kier alpha value is -1.59. The summed E-state index contributed by atoms with van der Waals surface area (Å²) in [5, 5.41) is 9.31. The van der Waals surface area contributed by atoms with Crippen molar-refractivity contribution in [1.82, 2.24) is 16.0 Å². The zero-order valence-corrected chi connectivity index (χ0v) is 20.3. The fourth-order valence-electron chi connectivity index (χ4n) is 2.89. The van der Waals surface area contributed by atoms with Crippen molar-refractivity contribution in [1.29, 1.82) is 0 Å². The summed E-state index contributed by atoms with van der Waals surface area (Å²) < 4.78 is 16.3. The van der Waals surface area contributed by atoms with Gasteiger partial charge in [0.1, 0.15) is 5.75 Å². The summed E-state index contributed by atoms with van der Waals surface area (Å²) in [5.41, 5.74) is 0.606. The minimum absolute atomic E-state index is 0. The molecule has 30 heavy (non-hydrogen) atoms. The third kappa shape index (κ3) is 10.4. The van der Waals surface area contributed by atoms with Gasteiger partial charge in [-0.3, -0.25) is 9.79 Å². The fourth-order valence-corrected chi connectivity index (χ4v) is 2.89. The first-order chi connectivity index (χ1) is 14.2. The Kier molecular flexibility index (Phi) is 14.2. The summed E-state index contributed by atoms with van der Waals surface area (Å²) in [6.45, 7) is 6.78. The fraction of sp³-hybridized carbons (Fsp3) is 0.619. The first kappa shape index (κ1) is 26.4. The number of carbonyl (C=O) groups is 1. The van der Waals surface area contributed by atoms with Crippen LogP contribution in [-0.2, 0) is 9.47 Å². The Balaban J connectivity index is 0.00000450. The van der Waals surface area contributed by atoms with E-state index in [9.17, 15) is 4.79 Å². The molecule has 170 valence electrons. The molecule has 1 aromatic carbocycles. The molecule has 0 bridgehead atoms. The molecule has 1 fully saturated rings. The Bertz CT molecular complexity index is 622. The maximum absolute atomic E-state index is 12.1. The van der Waals surface area contributed by atoms with Gasteiger partial charge in [-0.15, -0.1) is 24.0 Å². The zero-order chi connectivity index (χ0) is 20.7. The number of carbonyl (C=O) groups excluding carboxylic acids is 1. The van der Waals surface area contributed by atoms with E-state index in [0.717, 1.165) is 44.1 Å². The molecule has 1 unspecified atom stereocenters. The van der Waals surface area contributed by atoms with Gasteiger partial charge in [0, 0.05) is 45.0 Å². The smallest absolute Gasteiger partial charge is 0.251 e. The molecule has 2 rings (SSSR count). The van der Waals surface area contributed by atoms with Gasteiger partial charge in [0.05, 0.1) is 19.8 Å². The number of guanidine groups is 1. The molecule has 1 saturated heterocycles. The molecule has 1 aliphatic rings. The number of rotatable bonds is 12. The summed E-state index contributed by atoms with van der Waals surface area (Å²) in [6.07, 6.45) is 3.36. The lowest BCUT2D eigenvalue weighted by atomic mass is 10.2. The van der Waals surface area contributed by atoms with Crippen molar-refractivity contribution < 1.29 is 19.0 Å². The Labute approximate surface area is 196 Å². The van der Waals surface area contributed by atoms with Crippen molar-refractivity contribution in [2.75, 3.05) is 53.1 Å². The number of halogens is 1. The van der Waals surface area contributed by atoms with Gasteiger partial charge in [0.25, 0.3) is 5.91 Å². The predicted octanol–water partition coefficient (Wildman–Crippen LogP) is 2.18. The molecule has 3 N–H and O–H groups in total. The standard InChI is InChI=1S/C21H34N4O4.HI/c1-3-22-21(24-11-5-14-28-16-19-6-4-15-29-19)25-13-12-23-20(26)17-7-9-18(27-2)10-8-17;/h7-10,19H,3-6,11-16H2,1-2H3,(H,23,26)(H2,22,24,25);1H. The van der Waals surface area contributed by atoms with Gasteiger partial charge in [-0.25, -0.2) is 0 Å². The summed E-state index contributed by atoms with van der Waals surface area (Å²) in [7, 11) is 1.60. The lowest BCUT2D eigenvalue weighted by Crippen LogP contribution is -2.41. The van der Waals surface area contributed by atoms with Gasteiger partial charge >= 0.3 is 0 Å². The monoisotopic (exact) mass is 534 g/mol. The Morgan fingerprint density at radius 3 is 2.63 bits per heavy atom. The quantitative estimate of drug-likeness (QED) is 0.165. The molecule has 0 aliphatic carbocycles. The van der Waals surface area contributed by atoms with Crippen LogP contribution in [0.15, 0.2) is 29.3 Å². The number of hydrogen-bond donors (Lipinski definition) is 3. The largest absolute Gasteiger partial charge is 0.497 e. The number of ether oxygens (including phenoxy) is 3. The van der Waals surface area contributed by atoms with E-state index in [0.29, 0.717) is 38.4 Å². The number of methoxy groups -OCH3 is 1. The third-order valence-electron chi connectivity index (χ3n) is 4.44. The highest BCUT2D eigenvalue weighted by Crippen LogP contribution is 2.12. The second-order valence-electron chi connectivity index (χ2n) is 6.74. The van der Waals surface area contributed by atoms with Crippen LogP contribution in [0.4, 0.5) is 0 Å². The van der Waals surface area contributed by atoms with Crippen molar-refractivity contribution in [3.05, 3.63) is 29.8 Å². The van der Waals surface area contributed by atoms with Crippen LogP contribution in [0.2, 0.25) is 0 Å². The molecule has 1 aliphatic heterocycles. The highest BCUT2D eigenvalue weighted by Gasteiger charge is 2.14. The number of hydrogen-bond acceptors (Lipinski definition) is 5. The summed E-state index contributed by atoms with van der Waals surface area (Å²) >= 11 is 0. The SMILES string of the molecule is CCNC(=NCCCOCC1CCCO1)NCCNC(=O)c1ccc(OC)cc1.I. The minimum atomic E-state index is -0.111. The normalized spacial score (nSPS) is 15.9. The number of amides is 1. The highest BCUT2D eigenvalue weighted by atomic mass is 127. The maximum Gasteiger partial charge on any atom is 0.251 e. The maximum atomic E-state index is 12.1. The summed E-state index contributed by atoms with van der Waals surface area (Å²) in [4.78, 5) is 16.7. The minimum Gasteiger partial charge on any atom is -0.497 e. The van der Waals surface area contributed by atoms with Crippen molar-refractivity contribution in [3.8, 4) is 5.75 Å². The van der Waals surface area contributed by atoms with Gasteiger partial charge < -0.3 is 30.2 Å². The van der Waals surface area contributed by atoms with Crippen LogP contribution in [0.5, 0.6) is 5.75 Å². The third-order valence-corrected chi connectivity index (χ3v) is 4.44. The van der Waals surface area contributed by atoms with Crippen LogP contribution in [0.25, 0.3) is 0 Å². The first-order valence-corrected chi connectivity index (χ1v) is 10.4. The van der Waals surface area contributed by atoms with E-state index in [1.54, 1.807) is 31.4 Å². The predicted molar refractivity (Wildman–Crippen MR) is 129 cm³/mol. The Morgan fingerprint density at radius 2 is 1.97 bits per heavy atom. The Morgan fingerprint density at radius 1 is 1.20 bits per heavy atom. The lowest BCUT2D eigenvalue weighted by Gasteiger charge is -2.12. The van der Waals surface area contributed by atoms with E-state index in [2.05, 4.69) is 20.9 Å². The first-order valence-electron chi connectivity index (χ1n) is 10.4. The van der Waals surface area contributed by atoms with Crippen molar-refractivity contribution in [3.63, 3.8) is 0 Å². The van der Waals surface area contributed by atoms with Crippen LogP contribution < -0.4 is 20.7 Å². The number of aliphatic imine (C=N–C) groups is 1. The van der Waals surface area contributed by atoms with Crippen LogP contribution in [-0.4, -0.2) is 71.1 Å². The molecule has 1 atom stereocenters. The zero-order valence-electron chi connectivity index (χ0n) is 17.9. The second-order valence-corrected chi connectivity index (χ2v) is 6.74. The van der Waals surface area contributed by atoms with Gasteiger partial charge in [0.15, 0.2) is 5.96 Å². The van der Waals surface area contributed by atoms with Crippen LogP contribution in [0.1, 0.15) is 36.5 Å². The molecule has 9 heteroatoms. The van der Waals surface area contributed by atoms with Gasteiger partial charge in [-0.1, -0.05) is 0 Å². The molecule has 0 spiro atoms. The van der Waals surface area contributed by atoms with E-state index in [1.807, 2.05) is 6.92 Å². The number of benzene rings is 1. The van der Waals surface area contributed by atoms with Crippen LogP contribution >= 0.6 is 24.0 Å². The van der Waals surface area contributed by atoms with E-state index in [-0.39, 0.29) is 36.0 Å². The second kappa shape index (κ2) is 16.1. The highest BCUT2D eigenvalue weighted by molar-refractivity contribution is 14.0. The molecule has 0 saturated carbocycles. The van der Waals surface area contributed by atoms with Gasteiger partial charge in [-0.05, 0) is 50.5 Å². The van der Waals surface area contributed by atoms with Crippen molar-refractivity contribution >= 4 is 35.8 Å². The van der Waals surface area contributed by atoms with E-state index < -0.39 is 0 Å². The molecule has 1 aromatic rings. The van der Waals surface area contributed by atoms with Gasteiger partial charge in [0.2, 0.25) is 0 Å². The topological polar surface area (TPSA) is 93.2 Å². The molecule has 1 amide bonds. The molecule has 1 heterocycles. The van der Waals surface area contributed by atoms with Crippen LogP contribution in [0.3, 0.4) is 0 Å². The van der Waals surface area contributed by atoms with Gasteiger partial charge in [-0.2, -0.15) is 0 Å². The van der Waals surface area contributed by atoms with E-state index in [4.69, 9.17) is 14.2 Å². The lowest BCUT2D eigenvalue weighted by molar-refractivity contribution is 0.0171. The summed E-state index contributed by atoms with van der Waals surface area (Å²) in [6, 6.07) is 7.03. The van der Waals surface area contributed by atoms with E-state index in [1.165, 1.54) is 0 Å². The molecule has 0 radical (unpaired) electrons. The average Bonchev–Trinajstić information content (AvgIpc) is 3.27. The van der Waals surface area contributed by atoms with E-state index >= 15 is 0 Å². The molecule has 0 aromatic heterocycles.